The molecule has 0 radical (unpaired) electrons. The van der Waals surface area contributed by atoms with E-state index in [4.69, 9.17) is 21.1 Å². The van der Waals surface area contributed by atoms with Crippen LogP contribution in [-0.2, 0) is 33.1 Å². The first-order valence-electron chi connectivity index (χ1n) is 14.4. The van der Waals surface area contributed by atoms with Crippen LogP contribution in [0.1, 0.15) is 54.9 Å². The van der Waals surface area contributed by atoms with Crippen molar-refractivity contribution < 1.29 is 22.7 Å². The lowest BCUT2D eigenvalue weighted by Gasteiger charge is -2.24. The van der Waals surface area contributed by atoms with Crippen LogP contribution in [0.2, 0.25) is 5.02 Å². The summed E-state index contributed by atoms with van der Waals surface area (Å²) < 4.78 is 43.6. The highest BCUT2D eigenvalue weighted by molar-refractivity contribution is 7.89. The first kappa shape index (κ1) is 30.4. The van der Waals surface area contributed by atoms with Gasteiger partial charge in [0, 0.05) is 30.4 Å². The number of esters is 1. The average Bonchev–Trinajstić information content (AvgIpc) is 3.61. The largest absolute Gasteiger partial charge is 0.472 e. The zero-order chi connectivity index (χ0) is 31.2. The van der Waals surface area contributed by atoms with Gasteiger partial charge in [-0.2, -0.15) is 4.31 Å². The van der Waals surface area contributed by atoms with Crippen molar-refractivity contribution in [1.29, 1.82) is 0 Å². The fourth-order valence-corrected chi connectivity index (χ4v) is 8.47. The zero-order valence-corrected chi connectivity index (χ0v) is 27.2. The van der Waals surface area contributed by atoms with E-state index in [-0.39, 0.29) is 59.9 Å². The number of hydrogen-bond donors (Lipinski definition) is 0. The molecule has 4 heterocycles. The van der Waals surface area contributed by atoms with Crippen LogP contribution >= 0.6 is 22.9 Å². The summed E-state index contributed by atoms with van der Waals surface area (Å²) in [6.07, 6.45) is 1.71. The molecule has 1 aliphatic heterocycles. The highest BCUT2D eigenvalue weighted by Gasteiger charge is 2.36. The monoisotopic (exact) mass is 653 g/mol. The SMILES string of the molecule is CCOC(=O)C[C@H](c1cc(CN2C[C@@H](CC)Oc3ncc(Cl)cc3S2(=O)=O)c2sccc2c1)c1ccc2c(nnn2C)c1C. The number of aryl methyl sites for hydroxylation is 2. The molecule has 0 fully saturated rings. The van der Waals surface area contributed by atoms with Gasteiger partial charge in [-0.05, 0) is 77.6 Å². The van der Waals surface area contributed by atoms with Crippen molar-refractivity contribution in [2.45, 2.75) is 57.1 Å². The Morgan fingerprint density at radius 1 is 1.23 bits per heavy atom. The normalized spacial score (nSPS) is 17.2. The smallest absolute Gasteiger partial charge is 0.306 e. The Kier molecular flexibility index (Phi) is 8.35. The van der Waals surface area contributed by atoms with E-state index >= 15 is 0 Å². The number of carbonyl (C=O) groups excluding carboxylic acids is 1. The van der Waals surface area contributed by atoms with E-state index in [1.54, 1.807) is 22.9 Å². The molecule has 0 N–H and O–H groups in total. The summed E-state index contributed by atoms with van der Waals surface area (Å²) in [6, 6.07) is 11.5. The van der Waals surface area contributed by atoms with Crippen molar-refractivity contribution in [2.24, 2.45) is 7.05 Å². The number of carbonyl (C=O) groups is 1. The summed E-state index contributed by atoms with van der Waals surface area (Å²) in [6.45, 7) is 6.25. The number of aromatic nitrogens is 4. The molecule has 0 saturated heterocycles. The molecule has 0 unspecified atom stereocenters. The second-order valence-electron chi connectivity index (χ2n) is 10.8. The molecule has 0 amide bonds. The van der Waals surface area contributed by atoms with Gasteiger partial charge in [0.15, 0.2) is 0 Å². The third-order valence-electron chi connectivity index (χ3n) is 8.07. The summed E-state index contributed by atoms with van der Waals surface area (Å²) in [5.74, 6) is -0.620. The number of hydrogen-bond acceptors (Lipinski definition) is 9. The quantitative estimate of drug-likeness (QED) is 0.188. The average molecular weight is 654 g/mol. The van der Waals surface area contributed by atoms with Gasteiger partial charge in [0.1, 0.15) is 16.5 Å². The van der Waals surface area contributed by atoms with Crippen LogP contribution in [0.3, 0.4) is 0 Å². The van der Waals surface area contributed by atoms with Crippen LogP contribution in [0, 0.1) is 6.92 Å². The summed E-state index contributed by atoms with van der Waals surface area (Å²) in [4.78, 5) is 17.1. The molecule has 10 nitrogen and oxygen atoms in total. The molecule has 2 aromatic carbocycles. The minimum Gasteiger partial charge on any atom is -0.472 e. The fourth-order valence-electron chi connectivity index (χ4n) is 5.81. The van der Waals surface area contributed by atoms with E-state index in [0.717, 1.165) is 43.4 Å². The number of halogens is 1. The Morgan fingerprint density at radius 3 is 2.82 bits per heavy atom. The summed E-state index contributed by atoms with van der Waals surface area (Å²) >= 11 is 7.73. The lowest BCUT2D eigenvalue weighted by atomic mass is 9.84. The van der Waals surface area contributed by atoms with Crippen molar-refractivity contribution in [1.82, 2.24) is 24.3 Å². The molecular weight excluding hydrogens is 622 g/mol. The van der Waals surface area contributed by atoms with Crippen molar-refractivity contribution in [3.8, 4) is 5.88 Å². The molecule has 3 aromatic heterocycles. The van der Waals surface area contributed by atoms with Gasteiger partial charge in [-0.1, -0.05) is 35.9 Å². The van der Waals surface area contributed by atoms with Crippen molar-refractivity contribution in [3.05, 3.63) is 75.3 Å². The molecule has 230 valence electrons. The Bertz CT molecular complexity index is 1990. The molecule has 1 aliphatic rings. The molecular formula is C31H32ClN5O5S2. The number of benzene rings is 2. The van der Waals surface area contributed by atoms with Crippen LogP contribution in [0.15, 0.2) is 52.9 Å². The number of fused-ring (bicyclic) bond motifs is 3. The minimum absolute atomic E-state index is 0.0485. The van der Waals surface area contributed by atoms with E-state index < -0.39 is 10.0 Å². The highest BCUT2D eigenvalue weighted by Crippen LogP contribution is 2.39. The molecule has 5 aromatic rings. The van der Waals surface area contributed by atoms with Crippen LogP contribution in [0.25, 0.3) is 21.1 Å². The predicted octanol–water partition coefficient (Wildman–Crippen LogP) is 5.99. The number of ether oxygens (including phenoxy) is 2. The fraction of sp³-hybridized carbons (Fsp3) is 0.355. The summed E-state index contributed by atoms with van der Waals surface area (Å²) in [7, 11) is -2.16. The first-order valence-corrected chi connectivity index (χ1v) is 17.1. The maximum Gasteiger partial charge on any atom is 0.306 e. The van der Waals surface area contributed by atoms with E-state index in [9.17, 15) is 13.2 Å². The lowest BCUT2D eigenvalue weighted by Crippen LogP contribution is -2.36. The van der Waals surface area contributed by atoms with Crippen LogP contribution in [0.5, 0.6) is 5.88 Å². The van der Waals surface area contributed by atoms with Crippen LogP contribution in [0.4, 0.5) is 0 Å². The maximum absolute atomic E-state index is 14.0. The summed E-state index contributed by atoms with van der Waals surface area (Å²) in [5, 5.41) is 11.7. The molecule has 0 saturated carbocycles. The highest BCUT2D eigenvalue weighted by atomic mass is 35.5. The molecule has 44 heavy (non-hydrogen) atoms. The standard InChI is InChI=1S/C31H32ClN5O5S2/c1-5-23-17-37(44(39,40)27-13-22(32)15-33-31(27)42-23)16-21-12-20(11-19-9-10-43-30(19)21)25(14-28(38)41-6-2)24-7-8-26-29(18(24)3)34-35-36(26)4/h7-13,15,23,25H,5-6,14,16-17H2,1-4H3/t23-,25-/m1/s1. The Morgan fingerprint density at radius 2 is 2.05 bits per heavy atom. The molecule has 13 heteroatoms. The molecule has 0 bridgehead atoms. The third-order valence-corrected chi connectivity index (χ3v) is 11.1. The van der Waals surface area contributed by atoms with Crippen LogP contribution in [-0.4, -0.2) is 57.9 Å². The predicted molar refractivity (Wildman–Crippen MR) is 170 cm³/mol. The second kappa shape index (κ2) is 12.1. The van der Waals surface area contributed by atoms with E-state index in [1.807, 2.05) is 50.5 Å². The third kappa shape index (κ3) is 5.55. The van der Waals surface area contributed by atoms with Crippen molar-refractivity contribution >= 4 is 60.0 Å². The maximum atomic E-state index is 14.0. The van der Waals surface area contributed by atoms with Gasteiger partial charge in [0.05, 0.1) is 30.1 Å². The van der Waals surface area contributed by atoms with Gasteiger partial charge < -0.3 is 9.47 Å². The van der Waals surface area contributed by atoms with Gasteiger partial charge in [-0.25, -0.2) is 18.1 Å². The minimum atomic E-state index is -4.00. The number of rotatable bonds is 8. The lowest BCUT2D eigenvalue weighted by molar-refractivity contribution is -0.143. The molecule has 6 rings (SSSR count). The molecule has 0 spiro atoms. The first-order chi connectivity index (χ1) is 21.1. The summed E-state index contributed by atoms with van der Waals surface area (Å²) in [5.41, 5.74) is 5.23. The molecule has 2 atom stereocenters. The Hall–Kier alpha value is -3.58. The Balaban J connectivity index is 1.47. The number of nitrogens with zero attached hydrogens (tertiary/aromatic N) is 5. The van der Waals surface area contributed by atoms with Crippen LogP contribution < -0.4 is 4.74 Å². The van der Waals surface area contributed by atoms with Gasteiger partial charge in [-0.3, -0.25) is 4.79 Å². The van der Waals surface area contributed by atoms with Crippen molar-refractivity contribution in [2.75, 3.05) is 13.2 Å². The second-order valence-corrected chi connectivity index (χ2v) is 14.1. The zero-order valence-electron chi connectivity index (χ0n) is 24.8. The topological polar surface area (TPSA) is 117 Å². The Labute approximate surface area is 264 Å². The van der Waals surface area contributed by atoms with Crippen molar-refractivity contribution in [3.63, 3.8) is 0 Å². The molecule has 0 aliphatic carbocycles. The van der Waals surface area contributed by atoms with Gasteiger partial charge in [-0.15, -0.1) is 16.4 Å². The van der Waals surface area contributed by atoms with E-state index in [1.165, 1.54) is 16.6 Å². The van der Waals surface area contributed by atoms with Gasteiger partial charge in [0.2, 0.25) is 15.9 Å². The van der Waals surface area contributed by atoms with E-state index in [2.05, 4.69) is 21.4 Å². The number of thiophene rings is 1. The number of sulfonamides is 1. The van der Waals surface area contributed by atoms with E-state index in [0.29, 0.717) is 6.42 Å². The number of pyridine rings is 1. The van der Waals surface area contributed by atoms with Gasteiger partial charge >= 0.3 is 5.97 Å². The van der Waals surface area contributed by atoms with Gasteiger partial charge in [0.25, 0.3) is 0 Å².